The van der Waals surface area contributed by atoms with Gasteiger partial charge in [-0.05, 0) is 13.8 Å². The lowest BCUT2D eigenvalue weighted by Gasteiger charge is -2.34. The molecule has 1 aliphatic rings. The summed E-state index contributed by atoms with van der Waals surface area (Å²) in [6, 6.07) is 0.378. The number of hydrogen-bond donors (Lipinski definition) is 1. The minimum absolute atomic E-state index is 0.316. The first-order valence-electron chi connectivity index (χ1n) is 4.24. The van der Waals surface area contributed by atoms with Gasteiger partial charge in [0, 0.05) is 12.8 Å². The summed E-state index contributed by atoms with van der Waals surface area (Å²) in [7, 11) is 0.851. The highest BCUT2D eigenvalue weighted by atomic mass is 32.2. The van der Waals surface area contributed by atoms with Crippen molar-refractivity contribution in [1.82, 2.24) is 0 Å². The third-order valence-corrected chi connectivity index (χ3v) is 5.31. The number of hydrogen-bond acceptors (Lipinski definition) is 2. The van der Waals surface area contributed by atoms with Crippen molar-refractivity contribution in [1.29, 1.82) is 0 Å². The highest BCUT2D eigenvalue weighted by Gasteiger charge is 2.41. The zero-order valence-electron chi connectivity index (χ0n) is 7.71. The number of quaternary nitrogens is 1. The van der Waals surface area contributed by atoms with Crippen LogP contribution in [0, 0.1) is 7.05 Å². The second-order valence-electron chi connectivity index (χ2n) is 4.07. The average molecular weight is 191 g/mol. The average Bonchev–Trinajstić information content (AvgIpc) is 1.95. The van der Waals surface area contributed by atoms with Crippen LogP contribution >= 0.6 is 0 Å². The van der Waals surface area contributed by atoms with Crippen molar-refractivity contribution < 1.29 is 13.7 Å². The molecule has 12 heavy (non-hydrogen) atoms. The van der Waals surface area contributed by atoms with Crippen molar-refractivity contribution in [3.63, 3.8) is 0 Å². The zero-order chi connectivity index (χ0) is 9.41. The maximum absolute atomic E-state index is 11.5. The minimum Gasteiger partial charge on any atom is -0.476 e. The van der Waals surface area contributed by atoms with Crippen molar-refractivity contribution in [2.45, 2.75) is 37.5 Å². The van der Waals surface area contributed by atoms with E-state index >= 15 is 0 Å². The summed E-state index contributed by atoms with van der Waals surface area (Å²) in [6.07, 6.45) is 1.47. The third-order valence-electron chi connectivity index (χ3n) is 2.69. The Bertz CT molecular complexity index is 256. The van der Waals surface area contributed by atoms with Gasteiger partial charge >= 0.3 is 0 Å². The fourth-order valence-corrected chi connectivity index (χ4v) is 3.28. The van der Waals surface area contributed by atoms with Crippen LogP contribution < -0.4 is 5.32 Å². The van der Waals surface area contributed by atoms with Gasteiger partial charge in [0.05, 0.1) is 16.5 Å². The van der Waals surface area contributed by atoms with E-state index in [1.807, 2.05) is 5.32 Å². The van der Waals surface area contributed by atoms with E-state index in [1.54, 1.807) is 13.8 Å². The van der Waals surface area contributed by atoms with Gasteiger partial charge in [-0.3, -0.25) is 0 Å². The molecule has 0 radical (unpaired) electrons. The molecule has 1 atom stereocenters. The summed E-state index contributed by atoms with van der Waals surface area (Å²) >= 11 is 0. The predicted octanol–water partition coefficient (Wildman–Crippen LogP) is -0.303. The third kappa shape index (κ3) is 1.64. The zero-order valence-corrected chi connectivity index (χ0v) is 8.52. The standard InChI is InChI=1S/C8H17NO2S/c1-8(2)6-7(9-3)4-5-12(8,10)11/h7H,3-6,9H2,1-2H3. The van der Waals surface area contributed by atoms with Gasteiger partial charge in [0.1, 0.15) is 0 Å². The Balaban J connectivity index is 2.82. The Labute approximate surface area is 74.5 Å². The summed E-state index contributed by atoms with van der Waals surface area (Å²) in [4.78, 5) is 0. The van der Waals surface area contributed by atoms with Crippen LogP contribution in [0.25, 0.3) is 0 Å². The first kappa shape index (κ1) is 9.99. The molecule has 1 aliphatic heterocycles. The van der Waals surface area contributed by atoms with Crippen LogP contribution in [0.4, 0.5) is 0 Å². The second-order valence-corrected chi connectivity index (χ2v) is 6.81. The van der Waals surface area contributed by atoms with Gasteiger partial charge in [0.15, 0.2) is 9.84 Å². The molecule has 0 spiro atoms. The fourth-order valence-electron chi connectivity index (χ4n) is 1.64. The van der Waals surface area contributed by atoms with Crippen molar-refractivity contribution in [3.05, 3.63) is 7.05 Å². The topological polar surface area (TPSA) is 50.8 Å². The highest BCUT2D eigenvalue weighted by molar-refractivity contribution is 7.92. The van der Waals surface area contributed by atoms with Crippen LogP contribution in [-0.2, 0) is 9.84 Å². The van der Waals surface area contributed by atoms with Crippen molar-refractivity contribution >= 4 is 9.84 Å². The van der Waals surface area contributed by atoms with Crippen molar-refractivity contribution in [2.75, 3.05) is 5.75 Å². The van der Waals surface area contributed by atoms with Gasteiger partial charge in [0.25, 0.3) is 0 Å². The Morgan fingerprint density at radius 1 is 1.50 bits per heavy atom. The number of sulfone groups is 1. The molecule has 1 saturated heterocycles. The van der Waals surface area contributed by atoms with Crippen molar-refractivity contribution in [2.24, 2.45) is 0 Å². The minimum atomic E-state index is -2.85. The van der Waals surface area contributed by atoms with E-state index in [0.29, 0.717) is 11.8 Å². The first-order valence-corrected chi connectivity index (χ1v) is 5.89. The van der Waals surface area contributed by atoms with Crippen molar-refractivity contribution in [3.8, 4) is 0 Å². The van der Waals surface area contributed by atoms with Gasteiger partial charge in [-0.1, -0.05) is 0 Å². The molecule has 2 N–H and O–H groups in total. The maximum Gasteiger partial charge on any atom is 0.155 e. The van der Waals surface area contributed by atoms with Gasteiger partial charge < -0.3 is 5.32 Å². The molecule has 1 heterocycles. The first-order chi connectivity index (χ1) is 5.39. The molecule has 0 amide bonds. The largest absolute Gasteiger partial charge is 0.476 e. The molecule has 0 aromatic heterocycles. The second kappa shape index (κ2) is 3.00. The molecule has 4 heteroatoms. The monoisotopic (exact) mass is 191 g/mol. The molecular weight excluding hydrogens is 174 g/mol. The van der Waals surface area contributed by atoms with Crippen LogP contribution in [0.1, 0.15) is 26.7 Å². The van der Waals surface area contributed by atoms with E-state index in [1.165, 1.54) is 0 Å². The molecule has 1 fully saturated rings. The lowest BCUT2D eigenvalue weighted by Crippen LogP contribution is -2.85. The van der Waals surface area contributed by atoms with Crippen LogP contribution in [0.15, 0.2) is 0 Å². The molecule has 0 bridgehead atoms. The Hall–Kier alpha value is -0.0900. The van der Waals surface area contributed by atoms with Gasteiger partial charge in [-0.2, -0.15) is 7.05 Å². The van der Waals surface area contributed by atoms with Gasteiger partial charge in [-0.25, -0.2) is 8.42 Å². The molecule has 1 unspecified atom stereocenters. The number of rotatable bonds is 1. The smallest absolute Gasteiger partial charge is 0.155 e. The van der Waals surface area contributed by atoms with E-state index in [9.17, 15) is 8.42 Å². The van der Waals surface area contributed by atoms with Crippen LogP contribution in [-0.4, -0.2) is 25.0 Å². The Kier molecular flexibility index (Phi) is 2.50. The summed E-state index contributed by atoms with van der Waals surface area (Å²) in [5.74, 6) is 0.316. The summed E-state index contributed by atoms with van der Waals surface area (Å²) in [6.45, 7) is 3.61. The van der Waals surface area contributed by atoms with E-state index < -0.39 is 14.6 Å². The molecule has 0 aromatic rings. The molecule has 3 nitrogen and oxygen atoms in total. The molecule has 0 saturated carbocycles. The Morgan fingerprint density at radius 3 is 2.50 bits per heavy atom. The van der Waals surface area contributed by atoms with E-state index in [0.717, 1.165) is 12.8 Å². The van der Waals surface area contributed by atoms with Gasteiger partial charge in [-0.15, -0.1) is 0 Å². The van der Waals surface area contributed by atoms with E-state index in [2.05, 4.69) is 7.05 Å². The van der Waals surface area contributed by atoms with Crippen LogP contribution in [0.2, 0.25) is 0 Å². The molecular formula is C8H17NO2S. The number of nitrogens with two attached hydrogens (primary N) is 1. The molecule has 72 valence electrons. The summed E-state index contributed by atoms with van der Waals surface area (Å²) in [5.41, 5.74) is 0. The molecule has 0 aliphatic carbocycles. The highest BCUT2D eigenvalue weighted by Crippen LogP contribution is 2.28. The normalized spacial score (nSPS) is 33.1. The van der Waals surface area contributed by atoms with Crippen LogP contribution in [0.5, 0.6) is 0 Å². The lowest BCUT2D eigenvalue weighted by molar-refractivity contribution is -0.635. The maximum atomic E-state index is 11.5. The van der Waals surface area contributed by atoms with Gasteiger partial charge in [0.2, 0.25) is 0 Å². The molecule has 1 rings (SSSR count). The Morgan fingerprint density at radius 2 is 2.08 bits per heavy atom. The SMILES string of the molecule is [CH2-][NH2+]C1CCS(=O)(=O)C(C)(C)C1. The molecule has 0 aromatic carbocycles. The fraction of sp³-hybridized carbons (Fsp3) is 0.875. The van der Waals surface area contributed by atoms with E-state index in [4.69, 9.17) is 0 Å². The quantitative estimate of drug-likeness (QED) is 0.578. The van der Waals surface area contributed by atoms with Crippen LogP contribution in [0.3, 0.4) is 0 Å². The predicted molar refractivity (Wildman–Crippen MR) is 48.2 cm³/mol. The lowest BCUT2D eigenvalue weighted by atomic mass is 10.0. The summed E-state index contributed by atoms with van der Waals surface area (Å²) in [5, 5.41) is 1.87. The van der Waals surface area contributed by atoms with E-state index in [-0.39, 0.29) is 0 Å². The summed E-state index contributed by atoms with van der Waals surface area (Å²) < 4.78 is 22.5.